The Hall–Kier alpha value is -1.14. The van der Waals surface area contributed by atoms with E-state index in [1.165, 1.54) is 26.1 Å². The lowest BCUT2D eigenvalue weighted by Crippen LogP contribution is -2.68. The average molecular weight is 202 g/mol. The van der Waals surface area contributed by atoms with Gasteiger partial charge < -0.3 is 19.6 Å². The summed E-state index contributed by atoms with van der Waals surface area (Å²) >= 11 is 0. The first-order chi connectivity index (χ1) is 6.49. The smallest absolute Gasteiger partial charge is 0.278 e. The lowest BCUT2D eigenvalue weighted by Gasteiger charge is -2.44. The van der Waals surface area contributed by atoms with E-state index in [2.05, 4.69) is 0 Å². The third-order valence-corrected chi connectivity index (χ3v) is 2.52. The van der Waals surface area contributed by atoms with Gasteiger partial charge in [-0.2, -0.15) is 0 Å². The third-order valence-electron chi connectivity index (χ3n) is 2.52. The lowest BCUT2D eigenvalue weighted by molar-refractivity contribution is -0.203. The molecule has 1 fully saturated rings. The number of hydrogen-bond donors (Lipinski definition) is 1. The zero-order valence-corrected chi connectivity index (χ0v) is 8.48. The Morgan fingerprint density at radius 1 is 1.50 bits per heavy atom. The Kier molecular flexibility index (Phi) is 2.77. The molecule has 1 rings (SSSR count). The van der Waals surface area contributed by atoms with Crippen molar-refractivity contribution in [1.82, 2.24) is 9.80 Å². The fourth-order valence-electron chi connectivity index (χ4n) is 1.49. The van der Waals surface area contributed by atoms with Crippen LogP contribution in [-0.2, 0) is 14.3 Å². The van der Waals surface area contributed by atoms with Crippen LogP contribution < -0.4 is 0 Å². The first-order valence-corrected chi connectivity index (χ1v) is 4.18. The van der Waals surface area contributed by atoms with Gasteiger partial charge in [0.25, 0.3) is 5.91 Å². The Labute approximate surface area is 82.0 Å². The molecule has 1 aliphatic heterocycles. The summed E-state index contributed by atoms with van der Waals surface area (Å²) in [6, 6.07) is 0. The largest absolute Gasteiger partial charge is 0.391 e. The van der Waals surface area contributed by atoms with Gasteiger partial charge in [-0.15, -0.1) is 0 Å². The third kappa shape index (κ3) is 1.27. The summed E-state index contributed by atoms with van der Waals surface area (Å²) in [4.78, 5) is 25.5. The number of rotatable bonds is 2. The van der Waals surface area contributed by atoms with Crippen molar-refractivity contribution in [3.8, 4) is 0 Å². The molecule has 1 saturated heterocycles. The minimum atomic E-state index is -1.55. The summed E-state index contributed by atoms with van der Waals surface area (Å²) in [5, 5.41) is 9.15. The monoisotopic (exact) mass is 202 g/mol. The van der Waals surface area contributed by atoms with E-state index in [4.69, 9.17) is 9.84 Å². The number of methoxy groups -OCH3 is 1. The van der Waals surface area contributed by atoms with Crippen molar-refractivity contribution in [2.75, 3.05) is 34.4 Å². The molecule has 1 atom stereocenters. The molecule has 80 valence electrons. The summed E-state index contributed by atoms with van der Waals surface area (Å²) < 4.78 is 4.96. The number of aliphatic hydroxyl groups is 1. The minimum Gasteiger partial charge on any atom is -0.391 e. The molecule has 0 radical (unpaired) electrons. The van der Waals surface area contributed by atoms with Crippen LogP contribution in [0.3, 0.4) is 0 Å². The highest BCUT2D eigenvalue weighted by Gasteiger charge is 2.50. The molecule has 1 unspecified atom stereocenters. The van der Waals surface area contributed by atoms with Crippen molar-refractivity contribution in [3.05, 3.63) is 0 Å². The Morgan fingerprint density at radius 3 is 2.50 bits per heavy atom. The van der Waals surface area contributed by atoms with E-state index in [1.807, 2.05) is 0 Å². The van der Waals surface area contributed by atoms with Crippen LogP contribution in [0.4, 0.5) is 0 Å². The molecule has 1 aliphatic rings. The number of nitrogens with zero attached hydrogens (tertiary/aromatic N) is 2. The Morgan fingerprint density at radius 2 is 2.07 bits per heavy atom. The highest BCUT2D eigenvalue weighted by atomic mass is 16.5. The van der Waals surface area contributed by atoms with Gasteiger partial charge in [0, 0.05) is 21.2 Å². The van der Waals surface area contributed by atoms with Crippen molar-refractivity contribution >= 4 is 11.8 Å². The summed E-state index contributed by atoms with van der Waals surface area (Å²) in [7, 11) is 4.22. The van der Waals surface area contributed by atoms with Crippen LogP contribution in [0, 0.1) is 0 Å². The van der Waals surface area contributed by atoms with Gasteiger partial charge in [0.2, 0.25) is 11.6 Å². The number of aliphatic hydroxyl groups excluding tert-OH is 1. The number of ether oxygens (including phenoxy) is 1. The molecule has 14 heavy (non-hydrogen) atoms. The normalized spacial score (nSPS) is 28.6. The van der Waals surface area contributed by atoms with Gasteiger partial charge in [0.15, 0.2) is 0 Å². The molecule has 1 heterocycles. The average Bonchev–Trinajstić information content (AvgIpc) is 2.18. The summed E-state index contributed by atoms with van der Waals surface area (Å²) in [6.07, 6.45) is 0. The van der Waals surface area contributed by atoms with E-state index >= 15 is 0 Å². The summed E-state index contributed by atoms with van der Waals surface area (Å²) in [5.74, 6) is -0.674. The molecule has 0 aliphatic carbocycles. The molecular formula is C8H14N2O4. The molecule has 6 heteroatoms. The number of carbonyl (C=O) groups is 2. The van der Waals surface area contributed by atoms with Gasteiger partial charge >= 0.3 is 0 Å². The SMILES string of the molecule is COC1(CO)C(=O)N(C)CC(=O)N1C. The van der Waals surface area contributed by atoms with Crippen LogP contribution >= 0.6 is 0 Å². The van der Waals surface area contributed by atoms with Gasteiger partial charge in [-0.05, 0) is 0 Å². The number of piperazine rings is 1. The maximum absolute atomic E-state index is 11.7. The van der Waals surface area contributed by atoms with Crippen molar-refractivity contribution in [2.24, 2.45) is 0 Å². The maximum atomic E-state index is 11.7. The molecule has 0 aromatic rings. The zero-order chi connectivity index (χ0) is 10.9. The van der Waals surface area contributed by atoms with E-state index in [0.29, 0.717) is 0 Å². The Bertz CT molecular complexity index is 262. The van der Waals surface area contributed by atoms with Crippen molar-refractivity contribution in [3.63, 3.8) is 0 Å². The summed E-state index contributed by atoms with van der Waals surface area (Å²) in [6.45, 7) is -0.532. The first-order valence-electron chi connectivity index (χ1n) is 4.18. The summed E-state index contributed by atoms with van der Waals surface area (Å²) in [5.41, 5.74) is -1.55. The van der Waals surface area contributed by atoms with Gasteiger partial charge in [-0.3, -0.25) is 9.59 Å². The van der Waals surface area contributed by atoms with Crippen molar-refractivity contribution in [2.45, 2.75) is 5.72 Å². The predicted molar refractivity (Wildman–Crippen MR) is 47.2 cm³/mol. The van der Waals surface area contributed by atoms with Gasteiger partial charge in [-0.25, -0.2) is 0 Å². The zero-order valence-electron chi connectivity index (χ0n) is 8.48. The molecule has 2 amide bonds. The van der Waals surface area contributed by atoms with Crippen LogP contribution in [-0.4, -0.2) is 66.8 Å². The molecule has 1 N–H and O–H groups in total. The van der Waals surface area contributed by atoms with Gasteiger partial charge in [-0.1, -0.05) is 0 Å². The standard InChI is InChI=1S/C8H14N2O4/c1-9-4-6(12)10(2)8(5-11,14-3)7(9)13/h11H,4-5H2,1-3H3. The minimum absolute atomic E-state index is 0.0143. The Balaban J connectivity index is 3.09. The number of likely N-dealkylation sites (N-methyl/N-ethyl adjacent to an activating group) is 2. The molecule has 6 nitrogen and oxygen atoms in total. The van der Waals surface area contributed by atoms with Crippen LogP contribution in [0.15, 0.2) is 0 Å². The van der Waals surface area contributed by atoms with Crippen molar-refractivity contribution < 1.29 is 19.4 Å². The predicted octanol–water partition coefficient (Wildman–Crippen LogP) is -1.75. The van der Waals surface area contributed by atoms with E-state index in [1.54, 1.807) is 0 Å². The van der Waals surface area contributed by atoms with Crippen LogP contribution in [0.2, 0.25) is 0 Å². The molecule has 0 spiro atoms. The number of hydrogen-bond acceptors (Lipinski definition) is 4. The fourth-order valence-corrected chi connectivity index (χ4v) is 1.49. The molecular weight excluding hydrogens is 188 g/mol. The maximum Gasteiger partial charge on any atom is 0.278 e. The second kappa shape index (κ2) is 3.55. The topological polar surface area (TPSA) is 70.1 Å². The second-order valence-corrected chi connectivity index (χ2v) is 3.26. The molecule has 0 bridgehead atoms. The van der Waals surface area contributed by atoms with Crippen LogP contribution in [0.25, 0.3) is 0 Å². The lowest BCUT2D eigenvalue weighted by atomic mass is 10.1. The van der Waals surface area contributed by atoms with Crippen LogP contribution in [0.1, 0.15) is 0 Å². The van der Waals surface area contributed by atoms with E-state index in [0.717, 1.165) is 4.90 Å². The second-order valence-electron chi connectivity index (χ2n) is 3.26. The fraction of sp³-hybridized carbons (Fsp3) is 0.750. The van der Waals surface area contributed by atoms with Crippen LogP contribution in [0.5, 0.6) is 0 Å². The highest BCUT2D eigenvalue weighted by Crippen LogP contribution is 2.21. The van der Waals surface area contributed by atoms with E-state index in [9.17, 15) is 9.59 Å². The number of carbonyl (C=O) groups excluding carboxylic acids is 2. The van der Waals surface area contributed by atoms with Gasteiger partial charge in [0.05, 0.1) is 6.54 Å². The molecule has 0 saturated carbocycles. The quantitative estimate of drug-likeness (QED) is 0.576. The molecule has 0 aromatic carbocycles. The van der Waals surface area contributed by atoms with E-state index in [-0.39, 0.29) is 12.5 Å². The first kappa shape index (κ1) is 10.9. The molecule has 0 aromatic heterocycles. The number of amides is 2. The van der Waals surface area contributed by atoms with E-state index < -0.39 is 18.2 Å². The van der Waals surface area contributed by atoms with Crippen molar-refractivity contribution in [1.29, 1.82) is 0 Å². The highest BCUT2D eigenvalue weighted by molar-refractivity contribution is 5.96. The van der Waals surface area contributed by atoms with Gasteiger partial charge in [0.1, 0.15) is 6.61 Å².